The van der Waals surface area contributed by atoms with E-state index in [1.54, 1.807) is 0 Å². The third kappa shape index (κ3) is 3.61. The molecule has 0 aliphatic heterocycles. The summed E-state index contributed by atoms with van der Waals surface area (Å²) in [5.74, 6) is 0. The third-order valence-electron chi connectivity index (χ3n) is 5.32. The van der Waals surface area contributed by atoms with Gasteiger partial charge in [0.1, 0.15) is 0 Å². The Labute approximate surface area is 172 Å². The van der Waals surface area contributed by atoms with Gasteiger partial charge >= 0.3 is 172 Å². The van der Waals surface area contributed by atoms with Crippen LogP contribution >= 0.6 is 18.9 Å². The second-order valence-corrected chi connectivity index (χ2v) is 11.3. The van der Waals surface area contributed by atoms with Crippen LogP contribution in [0.1, 0.15) is 11.3 Å². The first kappa shape index (κ1) is 18.9. The van der Waals surface area contributed by atoms with Gasteiger partial charge in [-0.3, -0.25) is 0 Å². The molecule has 1 heterocycles. The van der Waals surface area contributed by atoms with Crippen molar-refractivity contribution in [2.45, 2.75) is 13.1 Å². The Morgan fingerprint density at radius 1 is 0.643 bits per heavy atom. The van der Waals surface area contributed by atoms with Crippen LogP contribution in [0.5, 0.6) is 0 Å². The molecule has 0 aliphatic rings. The van der Waals surface area contributed by atoms with Gasteiger partial charge in [0.25, 0.3) is 0 Å². The van der Waals surface area contributed by atoms with E-state index < -0.39 is 7.26 Å². The minimum atomic E-state index is -2.34. The minimum absolute atomic E-state index is 0.611. The van der Waals surface area contributed by atoms with E-state index in [0.717, 1.165) is 17.4 Å². The number of hydrogen-bond donors (Lipinski definition) is 0. The fourth-order valence-corrected chi connectivity index (χ4v) is 9.07. The van der Waals surface area contributed by atoms with E-state index in [2.05, 4.69) is 108 Å². The van der Waals surface area contributed by atoms with Gasteiger partial charge in [0.15, 0.2) is 0 Å². The Kier molecular flexibility index (Phi) is 5.57. The summed E-state index contributed by atoms with van der Waals surface area (Å²) in [6.07, 6.45) is 0.872. The molecule has 28 heavy (non-hydrogen) atoms. The van der Waals surface area contributed by atoms with Crippen molar-refractivity contribution in [1.29, 1.82) is 0 Å². The fraction of sp³-hybridized carbons (Fsp3) is 0.0800. The summed E-state index contributed by atoms with van der Waals surface area (Å²) in [7, 11) is -2.34. The van der Waals surface area contributed by atoms with E-state index in [1.807, 2.05) is 6.92 Å². The molecular weight excluding hydrogens is 381 g/mol. The molecule has 0 atom stereocenters. The van der Waals surface area contributed by atoms with Gasteiger partial charge in [-0.25, -0.2) is 0 Å². The van der Waals surface area contributed by atoms with Crippen LogP contribution in [0.15, 0.2) is 103 Å². The van der Waals surface area contributed by atoms with E-state index in [-0.39, 0.29) is 0 Å². The van der Waals surface area contributed by atoms with E-state index in [4.69, 9.17) is 11.6 Å². The summed E-state index contributed by atoms with van der Waals surface area (Å²) >= 11 is 6.61. The molecule has 0 saturated carbocycles. The summed E-state index contributed by atoms with van der Waals surface area (Å²) in [5, 5.41) is 4.75. The second-order valence-electron chi connectivity index (χ2n) is 7.08. The van der Waals surface area contributed by atoms with Crippen LogP contribution in [0.25, 0.3) is 0 Å². The van der Waals surface area contributed by atoms with Crippen molar-refractivity contribution in [1.82, 2.24) is 4.98 Å². The van der Waals surface area contributed by atoms with Gasteiger partial charge in [0, 0.05) is 0 Å². The Balaban J connectivity index is 2.01. The standard InChI is InChI=1S/C25H23ClNP/c1-20-17-18-21(25(26)27-20)19-28(22-11-5-2-6-12-22,23-13-7-3-8-14-23)24-15-9-4-10-16-24/h2-18,28H,19H2,1H3. The maximum atomic E-state index is 6.61. The zero-order chi connectivity index (χ0) is 19.4. The Hall–Kier alpha value is -2.47. The molecule has 0 unspecified atom stereocenters. The Morgan fingerprint density at radius 3 is 1.46 bits per heavy atom. The van der Waals surface area contributed by atoms with Crippen molar-refractivity contribution in [2.75, 3.05) is 0 Å². The molecule has 0 fully saturated rings. The number of hydrogen-bond acceptors (Lipinski definition) is 1. The van der Waals surface area contributed by atoms with Crippen LogP contribution < -0.4 is 15.9 Å². The van der Waals surface area contributed by atoms with Gasteiger partial charge in [-0.15, -0.1) is 0 Å². The van der Waals surface area contributed by atoms with E-state index in [1.165, 1.54) is 15.9 Å². The SMILES string of the molecule is Cc1ccc(C[PH](c2ccccc2)(c2ccccc2)c2ccccc2)c(Cl)n1. The quantitative estimate of drug-likeness (QED) is 0.327. The summed E-state index contributed by atoms with van der Waals surface area (Å²) in [6, 6.07) is 36.9. The third-order valence-corrected chi connectivity index (χ3v) is 10.5. The summed E-state index contributed by atoms with van der Waals surface area (Å²) in [4.78, 5) is 4.53. The van der Waals surface area contributed by atoms with Crippen LogP contribution in [0, 0.1) is 6.92 Å². The van der Waals surface area contributed by atoms with Gasteiger partial charge in [-0.2, -0.15) is 0 Å². The second kappa shape index (κ2) is 8.27. The zero-order valence-corrected chi connectivity index (χ0v) is 17.6. The number of rotatable bonds is 5. The molecule has 3 aromatic carbocycles. The predicted molar refractivity (Wildman–Crippen MR) is 124 cm³/mol. The monoisotopic (exact) mass is 403 g/mol. The first-order valence-electron chi connectivity index (χ1n) is 9.49. The van der Waals surface area contributed by atoms with E-state index in [9.17, 15) is 0 Å². The molecular formula is C25H23ClNP. The Bertz CT molecular complexity index is 953. The van der Waals surface area contributed by atoms with Gasteiger partial charge in [0.2, 0.25) is 0 Å². The molecule has 0 N–H and O–H groups in total. The zero-order valence-electron chi connectivity index (χ0n) is 15.8. The number of aryl methyl sites for hydroxylation is 1. The number of pyridine rings is 1. The molecule has 1 aromatic heterocycles. The van der Waals surface area contributed by atoms with Crippen LogP contribution in [0.4, 0.5) is 0 Å². The van der Waals surface area contributed by atoms with Crippen molar-refractivity contribution >= 4 is 34.8 Å². The molecule has 0 aliphatic carbocycles. The van der Waals surface area contributed by atoms with E-state index in [0.29, 0.717) is 5.15 Å². The number of aromatic nitrogens is 1. The van der Waals surface area contributed by atoms with Crippen molar-refractivity contribution in [3.63, 3.8) is 0 Å². The van der Waals surface area contributed by atoms with Gasteiger partial charge in [-0.1, -0.05) is 0 Å². The van der Waals surface area contributed by atoms with Crippen LogP contribution in [0.3, 0.4) is 0 Å². The first-order valence-corrected chi connectivity index (χ1v) is 12.1. The average molecular weight is 404 g/mol. The number of benzene rings is 3. The van der Waals surface area contributed by atoms with Gasteiger partial charge in [-0.05, 0) is 0 Å². The molecule has 0 amide bonds. The number of nitrogens with zero attached hydrogens (tertiary/aromatic N) is 1. The van der Waals surface area contributed by atoms with Crippen molar-refractivity contribution in [3.05, 3.63) is 120 Å². The summed E-state index contributed by atoms with van der Waals surface area (Å²) < 4.78 is 0. The van der Waals surface area contributed by atoms with Crippen molar-refractivity contribution in [2.24, 2.45) is 0 Å². The maximum absolute atomic E-state index is 6.61. The molecule has 0 radical (unpaired) electrons. The van der Waals surface area contributed by atoms with Crippen molar-refractivity contribution < 1.29 is 0 Å². The van der Waals surface area contributed by atoms with Crippen LogP contribution in [-0.2, 0) is 6.16 Å². The molecule has 4 aromatic rings. The van der Waals surface area contributed by atoms with Crippen LogP contribution in [0.2, 0.25) is 5.15 Å². The molecule has 1 nitrogen and oxygen atoms in total. The molecule has 4 rings (SSSR count). The average Bonchev–Trinajstić information content (AvgIpc) is 2.75. The molecule has 0 bridgehead atoms. The predicted octanol–water partition coefficient (Wildman–Crippen LogP) is 5.27. The normalized spacial score (nSPS) is 11.9. The molecule has 140 valence electrons. The summed E-state index contributed by atoms with van der Waals surface area (Å²) in [6.45, 7) is 1.98. The van der Waals surface area contributed by atoms with Gasteiger partial charge in [0.05, 0.1) is 0 Å². The van der Waals surface area contributed by atoms with Crippen molar-refractivity contribution in [3.8, 4) is 0 Å². The first-order chi connectivity index (χ1) is 13.7. The van der Waals surface area contributed by atoms with Crippen LogP contribution in [-0.4, -0.2) is 4.98 Å². The van der Waals surface area contributed by atoms with E-state index >= 15 is 0 Å². The Morgan fingerprint density at radius 2 is 1.07 bits per heavy atom. The topological polar surface area (TPSA) is 12.9 Å². The summed E-state index contributed by atoms with van der Waals surface area (Å²) in [5.41, 5.74) is 2.05. The van der Waals surface area contributed by atoms with Gasteiger partial charge < -0.3 is 0 Å². The number of halogens is 1. The molecule has 0 spiro atoms. The molecule has 0 saturated heterocycles. The molecule has 3 heteroatoms. The fourth-order valence-electron chi connectivity index (χ4n) is 3.95.